The summed E-state index contributed by atoms with van der Waals surface area (Å²) in [5.74, 6) is 0. The molecule has 0 radical (unpaired) electrons. The van der Waals surface area contributed by atoms with E-state index in [1.807, 2.05) is 31.2 Å². The van der Waals surface area contributed by atoms with E-state index >= 15 is 0 Å². The SMILES string of the molecule is Cc1cccc(CN(C)C(CN)C(F)(F)F)c1. The number of hydrogen-bond donors (Lipinski definition) is 1. The summed E-state index contributed by atoms with van der Waals surface area (Å²) in [5, 5.41) is 0. The smallest absolute Gasteiger partial charge is 0.329 e. The van der Waals surface area contributed by atoms with E-state index in [0.29, 0.717) is 0 Å². The Morgan fingerprint density at radius 3 is 2.47 bits per heavy atom. The summed E-state index contributed by atoms with van der Waals surface area (Å²) in [7, 11) is 1.44. The summed E-state index contributed by atoms with van der Waals surface area (Å²) in [6, 6.07) is 5.84. The molecule has 17 heavy (non-hydrogen) atoms. The van der Waals surface area contributed by atoms with Crippen LogP contribution < -0.4 is 5.73 Å². The molecular formula is C12H17F3N2. The van der Waals surface area contributed by atoms with Crippen molar-refractivity contribution in [3.05, 3.63) is 35.4 Å². The quantitative estimate of drug-likeness (QED) is 0.883. The Morgan fingerprint density at radius 1 is 1.35 bits per heavy atom. The van der Waals surface area contributed by atoms with Crippen LogP contribution in [0, 0.1) is 6.92 Å². The van der Waals surface area contributed by atoms with Crippen LogP contribution in [0.5, 0.6) is 0 Å². The van der Waals surface area contributed by atoms with Gasteiger partial charge in [-0.3, -0.25) is 4.90 Å². The molecule has 0 aromatic heterocycles. The number of aryl methyl sites for hydroxylation is 1. The van der Waals surface area contributed by atoms with Crippen molar-refractivity contribution < 1.29 is 13.2 Å². The minimum atomic E-state index is -4.28. The largest absolute Gasteiger partial charge is 0.405 e. The topological polar surface area (TPSA) is 29.3 Å². The van der Waals surface area contributed by atoms with Crippen LogP contribution in [0.15, 0.2) is 24.3 Å². The van der Waals surface area contributed by atoms with E-state index in [9.17, 15) is 13.2 Å². The third-order valence-electron chi connectivity index (χ3n) is 2.65. The molecule has 2 nitrogen and oxygen atoms in total. The molecule has 5 heteroatoms. The van der Waals surface area contributed by atoms with Gasteiger partial charge in [0, 0.05) is 13.1 Å². The third kappa shape index (κ3) is 4.02. The van der Waals surface area contributed by atoms with Gasteiger partial charge in [-0.1, -0.05) is 29.8 Å². The summed E-state index contributed by atoms with van der Waals surface area (Å²) >= 11 is 0. The van der Waals surface area contributed by atoms with Crippen molar-refractivity contribution >= 4 is 0 Å². The van der Waals surface area contributed by atoms with Crippen LogP contribution in [0.1, 0.15) is 11.1 Å². The van der Waals surface area contributed by atoms with E-state index in [0.717, 1.165) is 11.1 Å². The maximum Gasteiger partial charge on any atom is 0.405 e. The van der Waals surface area contributed by atoms with Gasteiger partial charge in [-0.05, 0) is 19.5 Å². The van der Waals surface area contributed by atoms with Crippen molar-refractivity contribution in [2.24, 2.45) is 5.73 Å². The predicted molar refractivity (Wildman–Crippen MR) is 61.5 cm³/mol. The number of halogens is 3. The highest BCUT2D eigenvalue weighted by Gasteiger charge is 2.41. The minimum Gasteiger partial charge on any atom is -0.329 e. The van der Waals surface area contributed by atoms with E-state index in [1.54, 1.807) is 0 Å². The van der Waals surface area contributed by atoms with Crippen LogP contribution >= 0.6 is 0 Å². The molecule has 1 aromatic carbocycles. The zero-order valence-corrected chi connectivity index (χ0v) is 9.96. The number of likely N-dealkylation sites (N-methyl/N-ethyl adjacent to an activating group) is 1. The number of benzene rings is 1. The summed E-state index contributed by atoms with van der Waals surface area (Å²) in [6.45, 7) is 1.72. The zero-order chi connectivity index (χ0) is 13.1. The average molecular weight is 246 g/mol. The molecule has 1 aromatic rings. The van der Waals surface area contributed by atoms with Crippen molar-refractivity contribution in [1.29, 1.82) is 0 Å². The van der Waals surface area contributed by atoms with Gasteiger partial charge in [0.25, 0.3) is 0 Å². The Morgan fingerprint density at radius 2 is 2.00 bits per heavy atom. The number of hydrogen-bond acceptors (Lipinski definition) is 2. The van der Waals surface area contributed by atoms with Gasteiger partial charge in [0.1, 0.15) is 6.04 Å². The van der Waals surface area contributed by atoms with Gasteiger partial charge in [-0.2, -0.15) is 13.2 Å². The second-order valence-corrected chi connectivity index (χ2v) is 4.20. The van der Waals surface area contributed by atoms with Crippen molar-refractivity contribution in [3.8, 4) is 0 Å². The molecule has 0 amide bonds. The molecule has 0 heterocycles. The summed E-state index contributed by atoms with van der Waals surface area (Å²) in [4.78, 5) is 1.23. The number of alkyl halides is 3. The molecule has 0 fully saturated rings. The van der Waals surface area contributed by atoms with Crippen LogP contribution in [0.3, 0.4) is 0 Å². The van der Waals surface area contributed by atoms with Crippen molar-refractivity contribution in [1.82, 2.24) is 4.90 Å². The number of nitrogens with zero attached hydrogens (tertiary/aromatic N) is 1. The van der Waals surface area contributed by atoms with Crippen molar-refractivity contribution in [2.75, 3.05) is 13.6 Å². The van der Waals surface area contributed by atoms with Gasteiger partial charge in [-0.25, -0.2) is 0 Å². The van der Waals surface area contributed by atoms with E-state index < -0.39 is 18.8 Å². The molecule has 2 N–H and O–H groups in total. The molecule has 1 atom stereocenters. The Balaban J connectivity index is 2.74. The summed E-state index contributed by atoms with van der Waals surface area (Å²) in [5.41, 5.74) is 7.07. The summed E-state index contributed by atoms with van der Waals surface area (Å²) < 4.78 is 37.9. The molecule has 1 unspecified atom stereocenters. The fourth-order valence-corrected chi connectivity index (χ4v) is 1.77. The van der Waals surface area contributed by atoms with Crippen LogP contribution in [0.2, 0.25) is 0 Å². The molecule has 0 saturated heterocycles. The molecule has 0 aliphatic rings. The van der Waals surface area contributed by atoms with Gasteiger partial charge in [-0.15, -0.1) is 0 Å². The molecule has 0 aliphatic heterocycles. The Hall–Kier alpha value is -1.07. The maximum atomic E-state index is 12.6. The third-order valence-corrected chi connectivity index (χ3v) is 2.65. The lowest BCUT2D eigenvalue weighted by molar-refractivity contribution is -0.178. The highest BCUT2D eigenvalue weighted by molar-refractivity contribution is 5.22. The van der Waals surface area contributed by atoms with Crippen LogP contribution in [0.25, 0.3) is 0 Å². The van der Waals surface area contributed by atoms with Crippen molar-refractivity contribution in [2.45, 2.75) is 25.7 Å². The first kappa shape index (κ1) is 14.0. The molecule has 0 aliphatic carbocycles. The predicted octanol–water partition coefficient (Wildman–Crippen LogP) is 2.32. The highest BCUT2D eigenvalue weighted by atomic mass is 19.4. The number of rotatable bonds is 4. The molecule has 0 saturated carbocycles. The van der Waals surface area contributed by atoms with Gasteiger partial charge in [0.2, 0.25) is 0 Å². The monoisotopic (exact) mass is 246 g/mol. The second-order valence-electron chi connectivity index (χ2n) is 4.20. The molecule has 96 valence electrons. The van der Waals surface area contributed by atoms with Crippen LogP contribution in [0.4, 0.5) is 13.2 Å². The average Bonchev–Trinajstić information content (AvgIpc) is 2.15. The normalized spacial score (nSPS) is 14.1. The molecule has 0 spiro atoms. The van der Waals surface area contributed by atoms with Gasteiger partial charge >= 0.3 is 6.18 Å². The summed E-state index contributed by atoms with van der Waals surface area (Å²) in [6.07, 6.45) is -4.28. The lowest BCUT2D eigenvalue weighted by atomic mass is 10.1. The highest BCUT2D eigenvalue weighted by Crippen LogP contribution is 2.24. The van der Waals surface area contributed by atoms with E-state index in [1.165, 1.54) is 11.9 Å². The van der Waals surface area contributed by atoms with Crippen LogP contribution in [-0.2, 0) is 6.54 Å². The lowest BCUT2D eigenvalue weighted by Gasteiger charge is -2.28. The number of nitrogens with two attached hydrogens (primary N) is 1. The van der Waals surface area contributed by atoms with E-state index in [-0.39, 0.29) is 6.54 Å². The Bertz CT molecular complexity index is 363. The first-order valence-corrected chi connectivity index (χ1v) is 5.37. The molecular weight excluding hydrogens is 229 g/mol. The Kier molecular flexibility index (Phi) is 4.54. The van der Waals surface area contributed by atoms with Gasteiger partial charge in [0.05, 0.1) is 0 Å². The zero-order valence-electron chi connectivity index (χ0n) is 9.96. The Labute approximate surface area is 99.2 Å². The van der Waals surface area contributed by atoms with E-state index in [2.05, 4.69) is 0 Å². The molecule has 1 rings (SSSR count). The first-order chi connectivity index (χ1) is 7.84. The fourth-order valence-electron chi connectivity index (χ4n) is 1.77. The standard InChI is InChI=1S/C12H17F3N2/c1-9-4-3-5-10(6-9)8-17(2)11(7-16)12(13,14)15/h3-6,11H,7-8,16H2,1-2H3. The lowest BCUT2D eigenvalue weighted by Crippen LogP contribution is -2.48. The maximum absolute atomic E-state index is 12.6. The van der Waals surface area contributed by atoms with Crippen molar-refractivity contribution in [3.63, 3.8) is 0 Å². The second kappa shape index (κ2) is 5.51. The minimum absolute atomic E-state index is 0.239. The fraction of sp³-hybridized carbons (Fsp3) is 0.500. The van der Waals surface area contributed by atoms with Crippen LogP contribution in [-0.4, -0.2) is 30.7 Å². The van der Waals surface area contributed by atoms with Gasteiger partial charge < -0.3 is 5.73 Å². The molecule has 0 bridgehead atoms. The van der Waals surface area contributed by atoms with E-state index in [4.69, 9.17) is 5.73 Å². The van der Waals surface area contributed by atoms with Gasteiger partial charge in [0.15, 0.2) is 0 Å². The first-order valence-electron chi connectivity index (χ1n) is 5.37.